The van der Waals surface area contributed by atoms with E-state index in [-0.39, 0.29) is 0 Å². The number of fused-ring (bicyclic) bond motifs is 3. The van der Waals surface area contributed by atoms with Gasteiger partial charge in [0.15, 0.2) is 0 Å². The van der Waals surface area contributed by atoms with E-state index in [1.807, 2.05) is 11.3 Å². The molecule has 2 heterocycles. The van der Waals surface area contributed by atoms with Crippen LogP contribution in [-0.2, 0) is 17.6 Å². The van der Waals surface area contributed by atoms with Gasteiger partial charge in [-0.25, -0.2) is 0 Å². The first kappa shape index (κ1) is 16.1. The second-order valence-corrected chi connectivity index (χ2v) is 8.97. The van der Waals surface area contributed by atoms with Crippen molar-refractivity contribution >= 4 is 27.1 Å². The third-order valence-corrected chi connectivity index (χ3v) is 7.60. The van der Waals surface area contributed by atoms with Crippen molar-refractivity contribution in [2.45, 2.75) is 57.0 Å². The van der Waals surface area contributed by atoms with E-state index in [1.165, 1.54) is 60.7 Å². The monoisotopic (exact) mass is 356 g/mol. The highest BCUT2D eigenvalue weighted by molar-refractivity contribution is 7.19. The van der Waals surface area contributed by atoms with E-state index < -0.39 is 0 Å². The molecular weight excluding hydrogens is 328 g/mol. The number of ether oxygens (including phenoxy) is 1. The highest BCUT2D eigenvalue weighted by Gasteiger charge is 2.27. The molecule has 1 aliphatic heterocycles. The van der Waals surface area contributed by atoms with Crippen LogP contribution < -0.4 is 5.32 Å². The van der Waals surface area contributed by atoms with E-state index in [1.54, 1.807) is 10.4 Å². The second kappa shape index (κ2) is 6.90. The molecule has 5 rings (SSSR count). The molecule has 2 fully saturated rings. The SMILES string of the molecule is c1cc(NC2CCC(N3CCOCC3)CC2)c2c3c(sc2c1)CCC3. The Kier molecular flexibility index (Phi) is 4.44. The number of rotatable bonds is 3. The Hall–Kier alpha value is -1.10. The summed E-state index contributed by atoms with van der Waals surface area (Å²) in [7, 11) is 0. The summed E-state index contributed by atoms with van der Waals surface area (Å²) in [6, 6.07) is 8.26. The Balaban J connectivity index is 1.28. The van der Waals surface area contributed by atoms with Crippen LogP contribution in [-0.4, -0.2) is 43.3 Å². The number of hydrogen-bond donors (Lipinski definition) is 1. The van der Waals surface area contributed by atoms with Gasteiger partial charge < -0.3 is 10.1 Å². The summed E-state index contributed by atoms with van der Waals surface area (Å²) in [6.45, 7) is 4.10. The summed E-state index contributed by atoms with van der Waals surface area (Å²) in [4.78, 5) is 4.30. The third kappa shape index (κ3) is 3.09. The maximum absolute atomic E-state index is 5.51. The Morgan fingerprint density at radius 1 is 1.04 bits per heavy atom. The summed E-state index contributed by atoms with van der Waals surface area (Å²) in [5, 5.41) is 5.46. The first-order valence-electron chi connectivity index (χ1n) is 10.00. The molecule has 4 heteroatoms. The number of nitrogens with one attached hydrogen (secondary N) is 1. The number of nitrogens with zero attached hydrogens (tertiary/aromatic N) is 1. The molecule has 3 nitrogen and oxygen atoms in total. The van der Waals surface area contributed by atoms with Crippen molar-refractivity contribution < 1.29 is 4.74 Å². The van der Waals surface area contributed by atoms with Crippen molar-refractivity contribution in [1.29, 1.82) is 0 Å². The lowest BCUT2D eigenvalue weighted by molar-refractivity contribution is 0.00791. The fourth-order valence-electron chi connectivity index (χ4n) is 5.02. The number of morpholine rings is 1. The van der Waals surface area contributed by atoms with E-state index in [2.05, 4.69) is 28.4 Å². The van der Waals surface area contributed by atoms with Gasteiger partial charge in [0.25, 0.3) is 0 Å². The zero-order chi connectivity index (χ0) is 16.6. The standard InChI is InChI=1S/C21H28N2OS/c1-3-17-19(5-1)25-20-6-2-4-18(21(17)20)22-15-7-9-16(10-8-15)23-11-13-24-14-12-23/h2,4,6,15-16,22H,1,3,5,7-14H2. The van der Waals surface area contributed by atoms with Crippen molar-refractivity contribution in [1.82, 2.24) is 4.90 Å². The van der Waals surface area contributed by atoms with Crippen LogP contribution in [0.4, 0.5) is 5.69 Å². The lowest BCUT2D eigenvalue weighted by atomic mass is 9.89. The third-order valence-electron chi connectivity index (χ3n) is 6.35. The van der Waals surface area contributed by atoms with Gasteiger partial charge >= 0.3 is 0 Å². The molecule has 3 aliphatic rings. The second-order valence-electron chi connectivity index (χ2n) is 7.83. The fraction of sp³-hybridized carbons (Fsp3) is 0.619. The summed E-state index contributed by atoms with van der Waals surface area (Å²) in [6.07, 6.45) is 9.16. The Morgan fingerprint density at radius 2 is 1.88 bits per heavy atom. The molecule has 1 saturated carbocycles. The van der Waals surface area contributed by atoms with Crippen molar-refractivity contribution in [3.05, 3.63) is 28.6 Å². The Labute approximate surface area is 154 Å². The van der Waals surface area contributed by atoms with E-state index in [0.29, 0.717) is 6.04 Å². The summed E-state index contributed by atoms with van der Waals surface area (Å²) in [5.41, 5.74) is 3.04. The van der Waals surface area contributed by atoms with Crippen LogP contribution in [0.1, 0.15) is 42.5 Å². The molecule has 0 atom stereocenters. The van der Waals surface area contributed by atoms with Crippen LogP contribution in [0.2, 0.25) is 0 Å². The molecule has 1 N–H and O–H groups in total. The molecule has 1 aromatic carbocycles. The van der Waals surface area contributed by atoms with Crippen LogP contribution in [0.3, 0.4) is 0 Å². The molecule has 25 heavy (non-hydrogen) atoms. The zero-order valence-electron chi connectivity index (χ0n) is 14.9. The average molecular weight is 357 g/mol. The highest BCUT2D eigenvalue weighted by atomic mass is 32.1. The van der Waals surface area contributed by atoms with Gasteiger partial charge in [0, 0.05) is 45.8 Å². The zero-order valence-corrected chi connectivity index (χ0v) is 15.7. The molecule has 0 amide bonds. The van der Waals surface area contributed by atoms with Crippen LogP contribution in [0.5, 0.6) is 0 Å². The Bertz CT molecular complexity index is 742. The first-order chi connectivity index (χ1) is 12.4. The van der Waals surface area contributed by atoms with Crippen LogP contribution >= 0.6 is 11.3 Å². The minimum atomic E-state index is 0.639. The minimum Gasteiger partial charge on any atom is -0.382 e. The van der Waals surface area contributed by atoms with Crippen LogP contribution in [0.15, 0.2) is 18.2 Å². The van der Waals surface area contributed by atoms with Gasteiger partial charge in [0.05, 0.1) is 13.2 Å². The summed E-state index contributed by atoms with van der Waals surface area (Å²) < 4.78 is 6.99. The number of benzene rings is 1. The van der Waals surface area contributed by atoms with E-state index in [0.717, 1.165) is 32.3 Å². The average Bonchev–Trinajstić information content (AvgIpc) is 3.24. The van der Waals surface area contributed by atoms with Gasteiger partial charge in [-0.3, -0.25) is 4.90 Å². The molecular formula is C21H28N2OS. The van der Waals surface area contributed by atoms with Crippen molar-refractivity contribution in [2.75, 3.05) is 31.6 Å². The number of thiophene rings is 1. The molecule has 2 aliphatic carbocycles. The van der Waals surface area contributed by atoms with Gasteiger partial charge in [-0.2, -0.15) is 0 Å². The molecule has 2 aromatic rings. The van der Waals surface area contributed by atoms with Crippen molar-refractivity contribution in [3.8, 4) is 0 Å². The first-order valence-corrected chi connectivity index (χ1v) is 10.8. The lowest BCUT2D eigenvalue weighted by Crippen LogP contribution is -2.46. The lowest BCUT2D eigenvalue weighted by Gasteiger charge is -2.39. The van der Waals surface area contributed by atoms with Crippen molar-refractivity contribution in [2.24, 2.45) is 0 Å². The largest absolute Gasteiger partial charge is 0.382 e. The maximum atomic E-state index is 5.51. The quantitative estimate of drug-likeness (QED) is 0.879. The van der Waals surface area contributed by atoms with E-state index in [4.69, 9.17) is 4.74 Å². The summed E-state index contributed by atoms with van der Waals surface area (Å²) in [5.74, 6) is 0. The predicted octanol–water partition coefficient (Wildman–Crippen LogP) is 4.45. The molecule has 0 bridgehead atoms. The smallest absolute Gasteiger partial charge is 0.0594 e. The van der Waals surface area contributed by atoms with E-state index >= 15 is 0 Å². The Morgan fingerprint density at radius 3 is 2.72 bits per heavy atom. The normalized spacial score (nSPS) is 27.5. The van der Waals surface area contributed by atoms with Gasteiger partial charge in [-0.15, -0.1) is 11.3 Å². The molecule has 0 spiro atoms. The highest BCUT2D eigenvalue weighted by Crippen LogP contribution is 2.41. The van der Waals surface area contributed by atoms with Crippen molar-refractivity contribution in [3.63, 3.8) is 0 Å². The number of aryl methyl sites for hydroxylation is 2. The predicted molar refractivity (Wildman–Crippen MR) is 106 cm³/mol. The molecule has 0 radical (unpaired) electrons. The number of hydrogen-bond acceptors (Lipinski definition) is 4. The number of anilines is 1. The van der Waals surface area contributed by atoms with Gasteiger partial charge in [-0.1, -0.05) is 6.07 Å². The van der Waals surface area contributed by atoms with Crippen LogP contribution in [0.25, 0.3) is 10.1 Å². The van der Waals surface area contributed by atoms with Gasteiger partial charge in [0.2, 0.25) is 0 Å². The van der Waals surface area contributed by atoms with E-state index in [9.17, 15) is 0 Å². The molecule has 134 valence electrons. The molecule has 1 saturated heterocycles. The van der Waals surface area contributed by atoms with Gasteiger partial charge in [0.1, 0.15) is 0 Å². The molecule has 1 aromatic heterocycles. The molecule has 0 unspecified atom stereocenters. The maximum Gasteiger partial charge on any atom is 0.0594 e. The van der Waals surface area contributed by atoms with Gasteiger partial charge in [-0.05, 0) is 62.6 Å². The fourth-order valence-corrected chi connectivity index (χ4v) is 6.34. The minimum absolute atomic E-state index is 0.639. The summed E-state index contributed by atoms with van der Waals surface area (Å²) >= 11 is 2.02. The topological polar surface area (TPSA) is 24.5 Å². The van der Waals surface area contributed by atoms with Crippen LogP contribution in [0, 0.1) is 0 Å².